The summed E-state index contributed by atoms with van der Waals surface area (Å²) in [6, 6.07) is 0. The van der Waals surface area contributed by atoms with E-state index in [1.807, 2.05) is 0 Å². The Morgan fingerprint density at radius 3 is 2.60 bits per heavy atom. The van der Waals surface area contributed by atoms with Crippen molar-refractivity contribution in [1.29, 1.82) is 0 Å². The van der Waals surface area contributed by atoms with Crippen LogP contribution in [0.3, 0.4) is 0 Å². The standard InChI is InChI=1S/C9H15N3O3/c10-12-11-5-7-8(6-13)15-9(14-7)3-1-2-4-9/h7-8,13H,1-6H2/t7-,8-/m0/s1. The highest BCUT2D eigenvalue weighted by Crippen LogP contribution is 2.41. The molecule has 2 fully saturated rings. The topological polar surface area (TPSA) is 87.5 Å². The second-order valence-electron chi connectivity index (χ2n) is 4.03. The van der Waals surface area contributed by atoms with E-state index in [1.54, 1.807) is 0 Å². The zero-order chi connectivity index (χ0) is 10.7. The Morgan fingerprint density at radius 2 is 2.00 bits per heavy atom. The highest BCUT2D eigenvalue weighted by atomic mass is 16.8. The van der Waals surface area contributed by atoms with Crippen LogP contribution in [0.2, 0.25) is 0 Å². The third-order valence-electron chi connectivity index (χ3n) is 3.02. The van der Waals surface area contributed by atoms with Gasteiger partial charge in [0.15, 0.2) is 5.79 Å². The normalized spacial score (nSPS) is 33.1. The number of aliphatic hydroxyl groups excluding tert-OH is 1. The van der Waals surface area contributed by atoms with Crippen LogP contribution in [0, 0.1) is 0 Å². The van der Waals surface area contributed by atoms with Crippen LogP contribution >= 0.6 is 0 Å². The molecule has 0 bridgehead atoms. The van der Waals surface area contributed by atoms with Gasteiger partial charge in [0, 0.05) is 17.8 Å². The monoisotopic (exact) mass is 213 g/mol. The third kappa shape index (κ3) is 2.08. The van der Waals surface area contributed by atoms with Gasteiger partial charge in [-0.1, -0.05) is 5.11 Å². The SMILES string of the molecule is [N-]=[N+]=NC[C@@H]1OC2(CCCC2)O[C@H]1CO. The van der Waals surface area contributed by atoms with Crippen molar-refractivity contribution in [3.05, 3.63) is 10.4 Å². The maximum absolute atomic E-state index is 9.14. The first kappa shape index (κ1) is 10.7. The van der Waals surface area contributed by atoms with Gasteiger partial charge in [-0.3, -0.25) is 0 Å². The van der Waals surface area contributed by atoms with E-state index in [9.17, 15) is 0 Å². The molecule has 6 nitrogen and oxygen atoms in total. The molecule has 1 N–H and O–H groups in total. The first-order valence-corrected chi connectivity index (χ1v) is 5.27. The van der Waals surface area contributed by atoms with E-state index >= 15 is 0 Å². The number of rotatable bonds is 3. The summed E-state index contributed by atoms with van der Waals surface area (Å²) in [5.41, 5.74) is 8.24. The summed E-state index contributed by atoms with van der Waals surface area (Å²) in [4.78, 5) is 2.69. The van der Waals surface area contributed by atoms with Crippen LogP contribution in [0.15, 0.2) is 5.11 Å². The first-order valence-electron chi connectivity index (χ1n) is 5.27. The van der Waals surface area contributed by atoms with E-state index in [2.05, 4.69) is 10.0 Å². The van der Waals surface area contributed by atoms with Crippen LogP contribution < -0.4 is 0 Å². The molecule has 84 valence electrons. The maximum atomic E-state index is 9.14. The molecule has 0 aromatic rings. The minimum atomic E-state index is -0.511. The van der Waals surface area contributed by atoms with Crippen LogP contribution in [0.25, 0.3) is 10.4 Å². The molecule has 1 saturated heterocycles. The van der Waals surface area contributed by atoms with Crippen LogP contribution in [-0.4, -0.2) is 36.3 Å². The van der Waals surface area contributed by atoms with E-state index < -0.39 is 5.79 Å². The van der Waals surface area contributed by atoms with Crippen molar-refractivity contribution in [1.82, 2.24) is 0 Å². The van der Waals surface area contributed by atoms with Crippen molar-refractivity contribution in [3.8, 4) is 0 Å². The van der Waals surface area contributed by atoms with Crippen LogP contribution in [0.4, 0.5) is 0 Å². The fourth-order valence-electron chi connectivity index (χ4n) is 2.31. The summed E-state index contributed by atoms with van der Waals surface area (Å²) < 4.78 is 11.5. The number of hydrogen-bond donors (Lipinski definition) is 1. The molecule has 1 spiro atoms. The zero-order valence-corrected chi connectivity index (χ0v) is 8.50. The molecule has 6 heteroatoms. The molecule has 2 atom stereocenters. The number of aliphatic hydroxyl groups is 1. The molecule has 1 aliphatic carbocycles. The number of hydrogen-bond acceptors (Lipinski definition) is 4. The van der Waals surface area contributed by atoms with Gasteiger partial charge in [-0.2, -0.15) is 0 Å². The quantitative estimate of drug-likeness (QED) is 0.436. The molecule has 0 aromatic heterocycles. The summed E-state index contributed by atoms with van der Waals surface area (Å²) in [5.74, 6) is -0.511. The van der Waals surface area contributed by atoms with Crippen molar-refractivity contribution in [2.24, 2.45) is 5.11 Å². The zero-order valence-electron chi connectivity index (χ0n) is 8.50. The van der Waals surface area contributed by atoms with Gasteiger partial charge >= 0.3 is 0 Å². The fourth-order valence-corrected chi connectivity index (χ4v) is 2.31. The van der Waals surface area contributed by atoms with E-state index in [0.717, 1.165) is 25.7 Å². The van der Waals surface area contributed by atoms with Gasteiger partial charge in [0.25, 0.3) is 0 Å². The number of nitrogens with zero attached hydrogens (tertiary/aromatic N) is 3. The third-order valence-corrected chi connectivity index (χ3v) is 3.02. The first-order chi connectivity index (χ1) is 7.29. The smallest absolute Gasteiger partial charge is 0.169 e. The molecule has 0 unspecified atom stereocenters. The van der Waals surface area contributed by atoms with E-state index in [-0.39, 0.29) is 25.4 Å². The molecule has 2 aliphatic rings. The highest BCUT2D eigenvalue weighted by molar-refractivity contribution is 4.90. The molecule has 1 heterocycles. The summed E-state index contributed by atoms with van der Waals surface area (Å²) in [5, 5.41) is 12.6. The molecule has 2 rings (SSSR count). The van der Waals surface area contributed by atoms with Crippen molar-refractivity contribution >= 4 is 0 Å². The van der Waals surface area contributed by atoms with Gasteiger partial charge in [0.2, 0.25) is 0 Å². The van der Waals surface area contributed by atoms with Crippen LogP contribution in [-0.2, 0) is 9.47 Å². The Labute approximate surface area is 87.8 Å². The van der Waals surface area contributed by atoms with Crippen LogP contribution in [0.1, 0.15) is 25.7 Å². The van der Waals surface area contributed by atoms with Crippen molar-refractivity contribution < 1.29 is 14.6 Å². The minimum absolute atomic E-state index is 0.0899. The Hall–Kier alpha value is -0.810. The predicted molar refractivity (Wildman–Crippen MR) is 52.0 cm³/mol. The number of azide groups is 1. The van der Waals surface area contributed by atoms with Gasteiger partial charge in [-0.05, 0) is 18.4 Å². The summed E-state index contributed by atoms with van der Waals surface area (Å²) in [6.07, 6.45) is 3.27. The largest absolute Gasteiger partial charge is 0.394 e. The van der Waals surface area contributed by atoms with E-state index in [0.29, 0.717) is 0 Å². The lowest BCUT2D eigenvalue weighted by atomic mass is 10.2. The minimum Gasteiger partial charge on any atom is -0.394 e. The Kier molecular flexibility index (Phi) is 3.11. The van der Waals surface area contributed by atoms with E-state index in [4.69, 9.17) is 20.1 Å². The lowest BCUT2D eigenvalue weighted by Crippen LogP contribution is -2.28. The number of ether oxygens (including phenoxy) is 2. The van der Waals surface area contributed by atoms with Gasteiger partial charge in [0.1, 0.15) is 6.10 Å². The molecule has 15 heavy (non-hydrogen) atoms. The van der Waals surface area contributed by atoms with Crippen molar-refractivity contribution in [3.63, 3.8) is 0 Å². The molecule has 0 amide bonds. The molecule has 0 aromatic carbocycles. The molecular weight excluding hydrogens is 198 g/mol. The second kappa shape index (κ2) is 4.37. The molecule has 1 saturated carbocycles. The summed E-state index contributed by atoms with van der Waals surface area (Å²) >= 11 is 0. The predicted octanol–water partition coefficient (Wildman–Crippen LogP) is 1.34. The summed E-state index contributed by atoms with van der Waals surface area (Å²) in [7, 11) is 0. The second-order valence-corrected chi connectivity index (χ2v) is 4.03. The lowest BCUT2D eigenvalue weighted by Gasteiger charge is -2.21. The average molecular weight is 213 g/mol. The van der Waals surface area contributed by atoms with Gasteiger partial charge in [0.05, 0.1) is 19.3 Å². The van der Waals surface area contributed by atoms with Crippen molar-refractivity contribution in [2.45, 2.75) is 43.7 Å². The fraction of sp³-hybridized carbons (Fsp3) is 1.00. The van der Waals surface area contributed by atoms with E-state index in [1.165, 1.54) is 0 Å². The van der Waals surface area contributed by atoms with Gasteiger partial charge < -0.3 is 14.6 Å². The van der Waals surface area contributed by atoms with Gasteiger partial charge in [-0.25, -0.2) is 0 Å². The molecule has 1 aliphatic heterocycles. The lowest BCUT2D eigenvalue weighted by molar-refractivity contribution is -0.171. The van der Waals surface area contributed by atoms with Crippen molar-refractivity contribution in [2.75, 3.05) is 13.2 Å². The van der Waals surface area contributed by atoms with Crippen LogP contribution in [0.5, 0.6) is 0 Å². The maximum Gasteiger partial charge on any atom is 0.169 e. The Bertz CT molecular complexity index is 272. The molecule has 0 radical (unpaired) electrons. The Morgan fingerprint density at radius 1 is 1.33 bits per heavy atom. The molecular formula is C9H15N3O3. The average Bonchev–Trinajstić information content (AvgIpc) is 2.84. The highest BCUT2D eigenvalue weighted by Gasteiger charge is 2.48. The van der Waals surface area contributed by atoms with Gasteiger partial charge in [-0.15, -0.1) is 0 Å². The summed E-state index contributed by atoms with van der Waals surface area (Å²) in [6.45, 7) is 0.136. The Balaban J connectivity index is 2.02.